The maximum atomic E-state index is 12.4. The van der Waals surface area contributed by atoms with Gasteiger partial charge in [-0.3, -0.25) is 15.0 Å². The molecule has 1 aliphatic heterocycles. The van der Waals surface area contributed by atoms with Crippen LogP contribution in [0.2, 0.25) is 0 Å². The summed E-state index contributed by atoms with van der Waals surface area (Å²) < 4.78 is 0. The molecule has 0 saturated heterocycles. The fraction of sp³-hybridized carbons (Fsp3) is 0.200. The van der Waals surface area contributed by atoms with Crippen molar-refractivity contribution in [3.8, 4) is 0 Å². The molecule has 0 aliphatic carbocycles. The molecule has 1 aliphatic rings. The molecule has 2 aromatic carbocycles. The average molecular weight is 335 g/mol. The van der Waals surface area contributed by atoms with E-state index in [4.69, 9.17) is 0 Å². The molecular formula is C20H21N3O2. The van der Waals surface area contributed by atoms with Gasteiger partial charge in [-0.25, -0.2) is 5.01 Å². The number of rotatable bonds is 4. The Kier molecular flexibility index (Phi) is 4.84. The average Bonchev–Trinajstić information content (AvgIpc) is 2.61. The molecule has 0 atom stereocenters. The summed E-state index contributed by atoms with van der Waals surface area (Å²) in [5, 5.41) is 4.25. The van der Waals surface area contributed by atoms with Gasteiger partial charge in [0.05, 0.1) is 5.70 Å². The lowest BCUT2D eigenvalue weighted by Crippen LogP contribution is -2.48. The Bertz CT molecular complexity index is 828. The number of hydrogen-bond acceptors (Lipinski definition) is 3. The summed E-state index contributed by atoms with van der Waals surface area (Å²) in [4.78, 5) is 24.5. The zero-order valence-electron chi connectivity index (χ0n) is 14.4. The highest BCUT2D eigenvalue weighted by atomic mass is 16.2. The first kappa shape index (κ1) is 16.8. The highest BCUT2D eigenvalue weighted by molar-refractivity contribution is 5.96. The normalized spacial score (nSPS) is 13.9. The summed E-state index contributed by atoms with van der Waals surface area (Å²) in [7, 11) is 0. The van der Waals surface area contributed by atoms with Gasteiger partial charge >= 0.3 is 0 Å². The fourth-order valence-electron chi connectivity index (χ4n) is 2.70. The third-order valence-electron chi connectivity index (χ3n) is 4.30. The van der Waals surface area contributed by atoms with Crippen LogP contribution in [-0.4, -0.2) is 23.4 Å². The monoisotopic (exact) mass is 335 g/mol. The van der Waals surface area contributed by atoms with E-state index in [1.165, 1.54) is 5.01 Å². The molecule has 5 nitrogen and oxygen atoms in total. The molecule has 0 saturated carbocycles. The molecule has 0 bridgehead atoms. The third-order valence-corrected chi connectivity index (χ3v) is 4.30. The Morgan fingerprint density at radius 1 is 1.12 bits per heavy atom. The molecule has 128 valence electrons. The summed E-state index contributed by atoms with van der Waals surface area (Å²) >= 11 is 0. The molecule has 2 N–H and O–H groups in total. The summed E-state index contributed by atoms with van der Waals surface area (Å²) in [6.07, 6.45) is 2.12. The van der Waals surface area contributed by atoms with E-state index < -0.39 is 0 Å². The first-order chi connectivity index (χ1) is 12.0. The number of nitrogens with one attached hydrogen (secondary N) is 2. The van der Waals surface area contributed by atoms with Gasteiger partial charge in [-0.2, -0.15) is 0 Å². The standard InChI is InChI=1S/C20H21N3O2/c1-14-7-6-10-17(15(14)2)21-19(24)13-23-20(25)12-11-18(22-23)16-8-4-3-5-9-16/h3-11,22H,12-13H2,1-2H3,(H,21,24). The van der Waals surface area contributed by atoms with Gasteiger partial charge in [-0.1, -0.05) is 42.5 Å². The summed E-state index contributed by atoms with van der Waals surface area (Å²) in [5.41, 5.74) is 7.77. The number of carbonyl (C=O) groups excluding carboxylic acids is 2. The van der Waals surface area contributed by atoms with Crippen molar-refractivity contribution in [3.05, 3.63) is 71.3 Å². The van der Waals surface area contributed by atoms with Crippen LogP contribution in [0.5, 0.6) is 0 Å². The van der Waals surface area contributed by atoms with Crippen molar-refractivity contribution >= 4 is 23.2 Å². The number of hydrogen-bond donors (Lipinski definition) is 2. The zero-order valence-corrected chi connectivity index (χ0v) is 14.4. The van der Waals surface area contributed by atoms with Crippen LogP contribution < -0.4 is 10.7 Å². The molecular weight excluding hydrogens is 314 g/mol. The minimum absolute atomic E-state index is 0.0452. The molecule has 1 heterocycles. The van der Waals surface area contributed by atoms with Crippen LogP contribution >= 0.6 is 0 Å². The van der Waals surface area contributed by atoms with Crippen molar-refractivity contribution in [1.29, 1.82) is 0 Å². The van der Waals surface area contributed by atoms with Crippen molar-refractivity contribution in [2.24, 2.45) is 0 Å². The Balaban J connectivity index is 1.68. The largest absolute Gasteiger partial charge is 0.324 e. The number of carbonyl (C=O) groups is 2. The van der Waals surface area contributed by atoms with E-state index in [1.807, 2.05) is 68.5 Å². The molecule has 2 amide bonds. The van der Waals surface area contributed by atoms with E-state index in [1.54, 1.807) is 0 Å². The van der Waals surface area contributed by atoms with Crippen LogP contribution in [0.4, 0.5) is 5.69 Å². The highest BCUT2D eigenvalue weighted by Gasteiger charge is 2.22. The number of nitrogens with zero attached hydrogens (tertiary/aromatic N) is 1. The molecule has 5 heteroatoms. The van der Waals surface area contributed by atoms with Gasteiger partial charge in [-0.05, 0) is 42.7 Å². The van der Waals surface area contributed by atoms with Crippen molar-refractivity contribution in [3.63, 3.8) is 0 Å². The SMILES string of the molecule is Cc1cccc(NC(=O)CN2NC(c3ccccc3)=CCC2=O)c1C. The summed E-state index contributed by atoms with van der Waals surface area (Å²) in [5.74, 6) is -0.361. The maximum Gasteiger partial charge on any atom is 0.246 e. The lowest BCUT2D eigenvalue weighted by atomic mass is 10.1. The topological polar surface area (TPSA) is 61.4 Å². The van der Waals surface area contributed by atoms with Crippen LogP contribution in [0.1, 0.15) is 23.1 Å². The number of anilines is 1. The Hall–Kier alpha value is -3.08. The van der Waals surface area contributed by atoms with E-state index >= 15 is 0 Å². The van der Waals surface area contributed by atoms with E-state index in [9.17, 15) is 9.59 Å². The molecule has 0 radical (unpaired) electrons. The van der Waals surface area contributed by atoms with Gasteiger partial charge in [-0.15, -0.1) is 0 Å². The first-order valence-electron chi connectivity index (χ1n) is 8.23. The lowest BCUT2D eigenvalue weighted by Gasteiger charge is -2.29. The van der Waals surface area contributed by atoms with E-state index in [0.29, 0.717) is 0 Å². The minimum Gasteiger partial charge on any atom is -0.324 e. The highest BCUT2D eigenvalue weighted by Crippen LogP contribution is 2.19. The Morgan fingerprint density at radius 3 is 2.64 bits per heavy atom. The van der Waals surface area contributed by atoms with Gasteiger partial charge in [0, 0.05) is 12.1 Å². The van der Waals surface area contributed by atoms with Crippen molar-refractivity contribution in [2.45, 2.75) is 20.3 Å². The predicted octanol–water partition coefficient (Wildman–Crippen LogP) is 3.02. The van der Waals surface area contributed by atoms with Gasteiger partial charge in [0.25, 0.3) is 0 Å². The quantitative estimate of drug-likeness (QED) is 0.903. The van der Waals surface area contributed by atoms with Crippen molar-refractivity contribution < 1.29 is 9.59 Å². The van der Waals surface area contributed by atoms with Gasteiger partial charge in [0.2, 0.25) is 11.8 Å². The van der Waals surface area contributed by atoms with Crippen molar-refractivity contribution in [1.82, 2.24) is 10.4 Å². The number of hydrazine groups is 1. The van der Waals surface area contributed by atoms with Crippen LogP contribution in [0.15, 0.2) is 54.6 Å². The molecule has 3 rings (SSSR count). The molecule has 0 spiro atoms. The number of amides is 2. The molecule has 2 aromatic rings. The lowest BCUT2D eigenvalue weighted by molar-refractivity contribution is -0.136. The minimum atomic E-state index is -0.233. The zero-order chi connectivity index (χ0) is 17.8. The fourth-order valence-corrected chi connectivity index (χ4v) is 2.70. The van der Waals surface area contributed by atoms with Gasteiger partial charge in [0.1, 0.15) is 6.54 Å². The predicted molar refractivity (Wildman–Crippen MR) is 98.4 cm³/mol. The maximum absolute atomic E-state index is 12.4. The van der Waals surface area contributed by atoms with E-state index in [-0.39, 0.29) is 24.8 Å². The summed E-state index contributed by atoms with van der Waals surface area (Å²) in [6.45, 7) is 3.92. The Morgan fingerprint density at radius 2 is 1.88 bits per heavy atom. The molecule has 0 unspecified atom stereocenters. The van der Waals surface area contributed by atoms with E-state index in [0.717, 1.165) is 28.1 Å². The third kappa shape index (κ3) is 3.88. The van der Waals surface area contributed by atoms with Crippen molar-refractivity contribution in [2.75, 3.05) is 11.9 Å². The second-order valence-electron chi connectivity index (χ2n) is 6.08. The van der Waals surface area contributed by atoms with E-state index in [2.05, 4.69) is 10.7 Å². The van der Waals surface area contributed by atoms with Crippen LogP contribution in [-0.2, 0) is 9.59 Å². The summed E-state index contributed by atoms with van der Waals surface area (Å²) in [6, 6.07) is 15.5. The second kappa shape index (κ2) is 7.21. The van der Waals surface area contributed by atoms with Gasteiger partial charge < -0.3 is 5.32 Å². The number of benzene rings is 2. The Labute approximate surface area is 147 Å². The van der Waals surface area contributed by atoms with Crippen LogP contribution in [0.25, 0.3) is 5.70 Å². The first-order valence-corrected chi connectivity index (χ1v) is 8.23. The second-order valence-corrected chi connectivity index (χ2v) is 6.08. The smallest absolute Gasteiger partial charge is 0.246 e. The molecule has 0 aromatic heterocycles. The molecule has 0 fully saturated rings. The van der Waals surface area contributed by atoms with Crippen LogP contribution in [0, 0.1) is 13.8 Å². The van der Waals surface area contributed by atoms with Gasteiger partial charge in [0.15, 0.2) is 0 Å². The number of aryl methyl sites for hydroxylation is 1. The molecule has 25 heavy (non-hydrogen) atoms. The van der Waals surface area contributed by atoms with Crippen LogP contribution in [0.3, 0.4) is 0 Å².